The van der Waals surface area contributed by atoms with Crippen LogP contribution in [0.4, 0.5) is 0 Å². The van der Waals surface area contributed by atoms with Gasteiger partial charge in [0.25, 0.3) is 0 Å². The summed E-state index contributed by atoms with van der Waals surface area (Å²) in [5.74, 6) is 1.69. The first-order valence-corrected chi connectivity index (χ1v) is 11.3. The number of aliphatic hydroxyl groups is 1. The molecule has 0 aliphatic heterocycles. The normalized spacial score (nSPS) is 10.7. The minimum absolute atomic E-state index is 0. The molecule has 0 fully saturated rings. The van der Waals surface area contributed by atoms with Gasteiger partial charge in [0.2, 0.25) is 5.88 Å². The Morgan fingerprint density at radius 1 is 0.917 bits per heavy atom. The maximum atomic E-state index is 9.03. The summed E-state index contributed by atoms with van der Waals surface area (Å²) in [5.41, 5.74) is 6.33. The fourth-order valence-electron chi connectivity index (χ4n) is 3.79. The van der Waals surface area contributed by atoms with E-state index in [1.807, 2.05) is 48.5 Å². The fourth-order valence-corrected chi connectivity index (χ4v) is 3.79. The van der Waals surface area contributed by atoms with Gasteiger partial charge in [-0.2, -0.15) is 0 Å². The molecule has 9 nitrogen and oxygen atoms in total. The highest BCUT2D eigenvalue weighted by molar-refractivity contribution is 5.85. The molecule has 0 bridgehead atoms. The molecule has 36 heavy (non-hydrogen) atoms. The highest BCUT2D eigenvalue weighted by atomic mass is 35.5. The van der Waals surface area contributed by atoms with Crippen molar-refractivity contribution >= 4 is 23.4 Å². The lowest BCUT2D eigenvalue weighted by Gasteiger charge is -2.12. The first-order valence-electron chi connectivity index (χ1n) is 11.3. The van der Waals surface area contributed by atoms with Crippen LogP contribution in [0, 0.1) is 0 Å². The van der Waals surface area contributed by atoms with E-state index in [9.17, 15) is 0 Å². The number of hydrogen-bond donors (Lipinski definition) is 2. The molecule has 0 aliphatic carbocycles. The molecule has 0 aliphatic rings. The Morgan fingerprint density at radius 2 is 1.72 bits per heavy atom. The topological polar surface area (TPSA) is 119 Å². The molecule has 2 N–H and O–H groups in total. The third-order valence-corrected chi connectivity index (χ3v) is 5.53. The number of rotatable bonds is 9. The van der Waals surface area contributed by atoms with Gasteiger partial charge in [0.1, 0.15) is 24.5 Å². The van der Waals surface area contributed by atoms with Gasteiger partial charge in [-0.1, -0.05) is 55.5 Å². The summed E-state index contributed by atoms with van der Waals surface area (Å²) in [7, 11) is 0. The standard InChI is InChI=1S/C26H24N6O3.ClH/c1-2-19-15-23(25-22(27-19)11-12-24(28-25)34-14-13-33)35-16-17-7-9-18(10-8-17)20-5-3-4-6-21(20)26-29-31-32-30-26;/h3-12,15,33H,2,13-14,16H2,1H3,(H,29,30,31,32);1H. The molecule has 0 spiro atoms. The van der Waals surface area contributed by atoms with E-state index in [0.717, 1.165) is 39.9 Å². The lowest BCUT2D eigenvalue weighted by Crippen LogP contribution is -2.04. The molecule has 5 rings (SSSR count). The van der Waals surface area contributed by atoms with Crippen LogP contribution in [-0.4, -0.2) is 48.9 Å². The molecule has 2 aromatic carbocycles. The summed E-state index contributed by atoms with van der Waals surface area (Å²) in [6, 6.07) is 21.7. The average molecular weight is 505 g/mol. The van der Waals surface area contributed by atoms with Gasteiger partial charge in [0, 0.05) is 23.4 Å². The number of aromatic nitrogens is 6. The van der Waals surface area contributed by atoms with E-state index in [1.54, 1.807) is 6.07 Å². The molecule has 0 unspecified atom stereocenters. The van der Waals surface area contributed by atoms with Crippen LogP contribution < -0.4 is 9.47 Å². The van der Waals surface area contributed by atoms with E-state index in [1.165, 1.54) is 0 Å². The van der Waals surface area contributed by atoms with Crippen LogP contribution in [0.1, 0.15) is 18.2 Å². The van der Waals surface area contributed by atoms with Gasteiger partial charge >= 0.3 is 0 Å². The molecule has 10 heteroatoms. The van der Waals surface area contributed by atoms with Gasteiger partial charge in [-0.05, 0) is 39.6 Å². The lowest BCUT2D eigenvalue weighted by molar-refractivity contribution is 0.197. The van der Waals surface area contributed by atoms with Gasteiger partial charge in [-0.3, -0.25) is 4.98 Å². The molecule has 0 saturated heterocycles. The van der Waals surface area contributed by atoms with E-state index in [0.29, 0.717) is 29.6 Å². The van der Waals surface area contributed by atoms with Crippen LogP contribution in [0.25, 0.3) is 33.5 Å². The fraction of sp³-hybridized carbons (Fsp3) is 0.192. The molecule has 0 amide bonds. The van der Waals surface area contributed by atoms with Gasteiger partial charge < -0.3 is 14.6 Å². The van der Waals surface area contributed by atoms with E-state index >= 15 is 0 Å². The summed E-state index contributed by atoms with van der Waals surface area (Å²) < 4.78 is 11.7. The zero-order valence-electron chi connectivity index (χ0n) is 19.6. The van der Waals surface area contributed by atoms with E-state index in [-0.39, 0.29) is 25.6 Å². The Bertz CT molecular complexity index is 1430. The number of aliphatic hydroxyl groups excluding tert-OH is 1. The number of pyridine rings is 2. The molecular formula is C26H25ClN6O3. The molecule has 184 valence electrons. The van der Waals surface area contributed by atoms with Crippen LogP contribution in [0.5, 0.6) is 11.6 Å². The SMILES string of the molecule is CCc1cc(OCc2ccc(-c3ccccc3-c3nnn[nH]3)cc2)c2nc(OCCO)ccc2n1.Cl. The summed E-state index contributed by atoms with van der Waals surface area (Å²) in [5, 5.41) is 23.3. The Morgan fingerprint density at radius 3 is 2.44 bits per heavy atom. The highest BCUT2D eigenvalue weighted by Crippen LogP contribution is 2.31. The molecule has 3 aromatic heterocycles. The summed E-state index contributed by atoms with van der Waals surface area (Å²) >= 11 is 0. The van der Waals surface area contributed by atoms with Gasteiger partial charge in [-0.15, -0.1) is 17.5 Å². The van der Waals surface area contributed by atoms with E-state index in [2.05, 4.69) is 49.6 Å². The lowest BCUT2D eigenvalue weighted by atomic mass is 9.98. The minimum Gasteiger partial charge on any atom is -0.486 e. The van der Waals surface area contributed by atoms with Crippen molar-refractivity contribution in [2.45, 2.75) is 20.0 Å². The second kappa shape index (κ2) is 11.6. The van der Waals surface area contributed by atoms with E-state index < -0.39 is 0 Å². The third-order valence-electron chi connectivity index (χ3n) is 5.53. The zero-order valence-corrected chi connectivity index (χ0v) is 20.4. The molecule has 0 saturated carbocycles. The van der Waals surface area contributed by atoms with Gasteiger partial charge in [0.15, 0.2) is 5.82 Å². The number of aryl methyl sites for hydroxylation is 1. The van der Waals surface area contributed by atoms with Crippen molar-refractivity contribution in [3.05, 3.63) is 78.0 Å². The van der Waals surface area contributed by atoms with Crippen LogP contribution in [0.15, 0.2) is 66.7 Å². The van der Waals surface area contributed by atoms with E-state index in [4.69, 9.17) is 14.6 Å². The van der Waals surface area contributed by atoms with Crippen molar-refractivity contribution in [3.8, 4) is 34.1 Å². The quantitative estimate of drug-likeness (QED) is 0.303. The maximum Gasteiger partial charge on any atom is 0.214 e. The minimum atomic E-state index is -0.0775. The monoisotopic (exact) mass is 504 g/mol. The third kappa shape index (κ3) is 5.42. The molecule has 3 heterocycles. The number of nitrogens with zero attached hydrogens (tertiary/aromatic N) is 5. The van der Waals surface area contributed by atoms with Crippen LogP contribution in [-0.2, 0) is 13.0 Å². The molecular weight excluding hydrogens is 480 g/mol. The molecule has 0 atom stereocenters. The van der Waals surface area contributed by atoms with Crippen LogP contribution in [0.2, 0.25) is 0 Å². The summed E-state index contributed by atoms with van der Waals surface area (Å²) in [4.78, 5) is 9.19. The van der Waals surface area contributed by atoms with Crippen molar-refractivity contribution in [1.29, 1.82) is 0 Å². The Labute approximate surface area is 213 Å². The van der Waals surface area contributed by atoms with Crippen molar-refractivity contribution in [2.75, 3.05) is 13.2 Å². The van der Waals surface area contributed by atoms with Crippen molar-refractivity contribution in [3.63, 3.8) is 0 Å². The second-order valence-electron chi connectivity index (χ2n) is 7.84. The number of tetrazole rings is 1. The van der Waals surface area contributed by atoms with Gasteiger partial charge in [0.05, 0.1) is 12.1 Å². The Hall–Kier alpha value is -4.08. The van der Waals surface area contributed by atoms with Gasteiger partial charge in [-0.25, -0.2) is 10.1 Å². The Kier molecular flexibility index (Phi) is 8.04. The first-order chi connectivity index (χ1) is 17.2. The Balaban J connectivity index is 0.00000304. The van der Waals surface area contributed by atoms with Crippen LogP contribution >= 0.6 is 12.4 Å². The first kappa shape index (κ1) is 25.0. The number of aromatic amines is 1. The number of fused-ring (bicyclic) bond motifs is 1. The van der Waals surface area contributed by atoms with Crippen LogP contribution in [0.3, 0.4) is 0 Å². The zero-order chi connectivity index (χ0) is 24.0. The van der Waals surface area contributed by atoms with Crippen molar-refractivity contribution < 1.29 is 14.6 Å². The highest BCUT2D eigenvalue weighted by Gasteiger charge is 2.12. The summed E-state index contributed by atoms with van der Waals surface area (Å²) in [6.45, 7) is 2.53. The van der Waals surface area contributed by atoms with Crippen molar-refractivity contribution in [2.24, 2.45) is 0 Å². The predicted molar refractivity (Wildman–Crippen MR) is 138 cm³/mol. The molecule has 0 radical (unpaired) electrons. The number of halogens is 1. The number of benzene rings is 2. The smallest absolute Gasteiger partial charge is 0.214 e. The number of nitrogens with one attached hydrogen (secondary N) is 1. The number of hydrogen-bond acceptors (Lipinski definition) is 8. The largest absolute Gasteiger partial charge is 0.486 e. The second-order valence-corrected chi connectivity index (χ2v) is 7.84. The number of ether oxygens (including phenoxy) is 2. The molecule has 5 aromatic rings. The summed E-state index contributed by atoms with van der Waals surface area (Å²) in [6.07, 6.45) is 0.782. The average Bonchev–Trinajstić information content (AvgIpc) is 3.45. The number of H-pyrrole nitrogens is 1. The maximum absolute atomic E-state index is 9.03. The predicted octanol–water partition coefficient (Wildman–Crippen LogP) is 4.41. The van der Waals surface area contributed by atoms with Crippen molar-refractivity contribution in [1.82, 2.24) is 30.6 Å².